The third-order valence-electron chi connectivity index (χ3n) is 1.96. The first-order valence-electron chi connectivity index (χ1n) is 5.08. The van der Waals surface area contributed by atoms with Crippen molar-refractivity contribution < 1.29 is 4.74 Å². The van der Waals surface area contributed by atoms with E-state index in [0.717, 1.165) is 13.0 Å². The van der Waals surface area contributed by atoms with Crippen molar-refractivity contribution in [3.63, 3.8) is 0 Å². The fourth-order valence-electron chi connectivity index (χ4n) is 0.897. The van der Waals surface area contributed by atoms with Crippen LogP contribution in [0.15, 0.2) is 11.8 Å². The van der Waals surface area contributed by atoms with Crippen molar-refractivity contribution in [3.8, 4) is 0 Å². The van der Waals surface area contributed by atoms with Crippen molar-refractivity contribution in [2.45, 2.75) is 52.9 Å². The molecular formula is C11H22O. The molecular weight excluding hydrogens is 148 g/mol. The van der Waals surface area contributed by atoms with Gasteiger partial charge in [-0.2, -0.15) is 0 Å². The Bertz CT molecular complexity index is 116. The standard InChI is InChI=1S/C11H22O/c1-4-6-7-8-9-12-10-11(3)5-2/h10H,4-9H2,1-3H3. The molecule has 0 N–H and O–H groups in total. The van der Waals surface area contributed by atoms with Gasteiger partial charge < -0.3 is 4.74 Å². The van der Waals surface area contributed by atoms with E-state index in [2.05, 4.69) is 20.8 Å². The van der Waals surface area contributed by atoms with E-state index in [1.807, 2.05) is 6.26 Å². The van der Waals surface area contributed by atoms with Gasteiger partial charge in [0.2, 0.25) is 0 Å². The van der Waals surface area contributed by atoms with Crippen molar-refractivity contribution in [2.24, 2.45) is 0 Å². The molecule has 12 heavy (non-hydrogen) atoms. The van der Waals surface area contributed by atoms with E-state index in [4.69, 9.17) is 4.74 Å². The monoisotopic (exact) mass is 170 g/mol. The van der Waals surface area contributed by atoms with Crippen LogP contribution in [0.2, 0.25) is 0 Å². The highest BCUT2D eigenvalue weighted by Crippen LogP contribution is 2.01. The highest BCUT2D eigenvalue weighted by molar-refractivity contribution is 4.90. The minimum atomic E-state index is 0.886. The van der Waals surface area contributed by atoms with Gasteiger partial charge in [0, 0.05) is 0 Å². The van der Waals surface area contributed by atoms with Crippen molar-refractivity contribution in [1.82, 2.24) is 0 Å². The second kappa shape index (κ2) is 8.63. The van der Waals surface area contributed by atoms with Gasteiger partial charge in [-0.1, -0.05) is 33.1 Å². The smallest absolute Gasteiger partial charge is 0.0873 e. The lowest BCUT2D eigenvalue weighted by Crippen LogP contribution is -1.88. The summed E-state index contributed by atoms with van der Waals surface area (Å²) in [6.45, 7) is 7.36. The lowest BCUT2D eigenvalue weighted by Gasteiger charge is -2.01. The van der Waals surface area contributed by atoms with Crippen LogP contribution in [0.25, 0.3) is 0 Å². The summed E-state index contributed by atoms with van der Waals surface area (Å²) in [5.74, 6) is 0. The summed E-state index contributed by atoms with van der Waals surface area (Å²) in [6.07, 6.45) is 8.11. The third kappa shape index (κ3) is 7.64. The van der Waals surface area contributed by atoms with Crippen LogP contribution in [0, 0.1) is 0 Å². The minimum Gasteiger partial charge on any atom is -0.501 e. The number of unbranched alkanes of at least 4 members (excludes halogenated alkanes) is 3. The van der Waals surface area contributed by atoms with Gasteiger partial charge in [0.25, 0.3) is 0 Å². The van der Waals surface area contributed by atoms with Crippen LogP contribution in [0.3, 0.4) is 0 Å². The fraction of sp³-hybridized carbons (Fsp3) is 0.818. The van der Waals surface area contributed by atoms with E-state index in [0.29, 0.717) is 0 Å². The lowest BCUT2D eigenvalue weighted by molar-refractivity contribution is 0.237. The number of hydrogen-bond acceptors (Lipinski definition) is 1. The van der Waals surface area contributed by atoms with Crippen LogP contribution in [0.1, 0.15) is 52.9 Å². The molecule has 0 spiro atoms. The third-order valence-corrected chi connectivity index (χ3v) is 1.96. The van der Waals surface area contributed by atoms with Gasteiger partial charge in [-0.25, -0.2) is 0 Å². The fourth-order valence-corrected chi connectivity index (χ4v) is 0.897. The zero-order valence-electron chi connectivity index (χ0n) is 8.73. The SMILES string of the molecule is CCCCCCOC=C(C)CC. The van der Waals surface area contributed by atoms with Gasteiger partial charge >= 0.3 is 0 Å². The maximum absolute atomic E-state index is 5.37. The molecule has 0 aliphatic rings. The number of ether oxygens (including phenoxy) is 1. The summed E-state index contributed by atoms with van der Waals surface area (Å²) in [5.41, 5.74) is 1.32. The molecule has 72 valence electrons. The van der Waals surface area contributed by atoms with E-state index < -0.39 is 0 Å². The molecule has 1 nitrogen and oxygen atoms in total. The quantitative estimate of drug-likeness (QED) is 0.416. The lowest BCUT2D eigenvalue weighted by atomic mass is 10.2. The van der Waals surface area contributed by atoms with Crippen LogP contribution in [-0.2, 0) is 4.74 Å². The molecule has 0 saturated heterocycles. The first-order valence-corrected chi connectivity index (χ1v) is 5.08. The van der Waals surface area contributed by atoms with Gasteiger partial charge in [-0.15, -0.1) is 0 Å². The van der Waals surface area contributed by atoms with Crippen LogP contribution in [-0.4, -0.2) is 6.61 Å². The molecule has 1 heteroatoms. The maximum Gasteiger partial charge on any atom is 0.0873 e. The Balaban J connectivity index is 3.10. The van der Waals surface area contributed by atoms with Gasteiger partial charge in [0.15, 0.2) is 0 Å². The molecule has 0 atom stereocenters. The molecule has 0 bridgehead atoms. The normalized spacial score (nSPS) is 11.8. The van der Waals surface area contributed by atoms with E-state index >= 15 is 0 Å². The van der Waals surface area contributed by atoms with Crippen LogP contribution < -0.4 is 0 Å². The van der Waals surface area contributed by atoms with Crippen molar-refractivity contribution in [3.05, 3.63) is 11.8 Å². The van der Waals surface area contributed by atoms with Crippen LogP contribution in [0.4, 0.5) is 0 Å². The molecule has 0 aliphatic carbocycles. The molecule has 0 unspecified atom stereocenters. The Hall–Kier alpha value is -0.460. The highest BCUT2D eigenvalue weighted by Gasteiger charge is 1.87. The summed E-state index contributed by atoms with van der Waals surface area (Å²) in [5, 5.41) is 0. The molecule has 0 rings (SSSR count). The number of hydrogen-bond donors (Lipinski definition) is 0. The summed E-state index contributed by atoms with van der Waals surface area (Å²) in [7, 11) is 0. The molecule has 0 fully saturated rings. The van der Waals surface area contributed by atoms with Crippen LogP contribution >= 0.6 is 0 Å². The topological polar surface area (TPSA) is 9.23 Å². The zero-order valence-corrected chi connectivity index (χ0v) is 8.73. The van der Waals surface area contributed by atoms with Crippen molar-refractivity contribution in [1.29, 1.82) is 0 Å². The Morgan fingerprint density at radius 3 is 2.50 bits per heavy atom. The van der Waals surface area contributed by atoms with Gasteiger partial charge in [0.05, 0.1) is 12.9 Å². The average molecular weight is 170 g/mol. The van der Waals surface area contributed by atoms with Crippen LogP contribution in [0.5, 0.6) is 0 Å². The predicted octanol–water partition coefficient (Wildman–Crippen LogP) is 3.90. The summed E-state index contributed by atoms with van der Waals surface area (Å²) >= 11 is 0. The second-order valence-corrected chi connectivity index (χ2v) is 3.25. The first-order chi connectivity index (χ1) is 5.81. The van der Waals surface area contributed by atoms with E-state index in [9.17, 15) is 0 Å². The molecule has 0 saturated carbocycles. The van der Waals surface area contributed by atoms with E-state index in [1.54, 1.807) is 0 Å². The van der Waals surface area contributed by atoms with Gasteiger partial charge in [0.1, 0.15) is 0 Å². The zero-order chi connectivity index (χ0) is 9.23. The average Bonchev–Trinajstić information content (AvgIpc) is 2.10. The summed E-state index contributed by atoms with van der Waals surface area (Å²) < 4.78 is 5.37. The van der Waals surface area contributed by atoms with Crippen molar-refractivity contribution >= 4 is 0 Å². The number of allylic oxidation sites excluding steroid dienone is 1. The van der Waals surface area contributed by atoms with Gasteiger partial charge in [-0.3, -0.25) is 0 Å². The molecule has 0 aromatic heterocycles. The highest BCUT2D eigenvalue weighted by atomic mass is 16.5. The molecule has 0 amide bonds. The van der Waals surface area contributed by atoms with E-state index in [1.165, 1.54) is 31.3 Å². The second-order valence-electron chi connectivity index (χ2n) is 3.25. The van der Waals surface area contributed by atoms with Gasteiger partial charge in [-0.05, 0) is 25.3 Å². The molecule has 0 aliphatic heterocycles. The number of rotatable bonds is 7. The molecule has 0 aromatic rings. The minimum absolute atomic E-state index is 0.886. The molecule has 0 radical (unpaired) electrons. The Kier molecular flexibility index (Phi) is 8.30. The summed E-state index contributed by atoms with van der Waals surface area (Å²) in [4.78, 5) is 0. The summed E-state index contributed by atoms with van der Waals surface area (Å²) in [6, 6.07) is 0. The largest absolute Gasteiger partial charge is 0.501 e. The molecule has 0 aromatic carbocycles. The molecule has 0 heterocycles. The maximum atomic E-state index is 5.37. The first kappa shape index (κ1) is 11.5. The van der Waals surface area contributed by atoms with E-state index in [-0.39, 0.29) is 0 Å². The van der Waals surface area contributed by atoms with Crippen molar-refractivity contribution in [2.75, 3.05) is 6.61 Å². The predicted molar refractivity (Wildman–Crippen MR) is 54.1 cm³/mol. The Labute approximate surface area is 76.8 Å². The Morgan fingerprint density at radius 1 is 1.17 bits per heavy atom. The Morgan fingerprint density at radius 2 is 1.92 bits per heavy atom.